The molecule has 0 bridgehead atoms. The van der Waals surface area contributed by atoms with E-state index < -0.39 is 0 Å². The van der Waals surface area contributed by atoms with Gasteiger partial charge < -0.3 is 5.11 Å². The van der Waals surface area contributed by atoms with Crippen molar-refractivity contribution in [2.75, 3.05) is 6.61 Å². The summed E-state index contributed by atoms with van der Waals surface area (Å²) in [7, 11) is 0. The lowest BCUT2D eigenvalue weighted by atomic mass is 10.1. The van der Waals surface area contributed by atoms with Crippen molar-refractivity contribution in [2.45, 2.75) is 71.1 Å². The van der Waals surface area contributed by atoms with Crippen LogP contribution in [0.25, 0.3) is 0 Å². The zero-order valence-corrected chi connectivity index (χ0v) is 10.4. The number of rotatable bonds is 11. The fourth-order valence-electron chi connectivity index (χ4n) is 1.64. The van der Waals surface area contributed by atoms with Crippen LogP contribution in [0.5, 0.6) is 0 Å². The molecule has 0 atom stereocenters. The molecule has 0 aliphatic carbocycles. The Morgan fingerprint density at radius 3 is 1.87 bits per heavy atom. The summed E-state index contributed by atoms with van der Waals surface area (Å²) in [6.45, 7) is 2.60. The van der Waals surface area contributed by atoms with E-state index in [1.807, 2.05) is 0 Å². The van der Waals surface area contributed by atoms with Gasteiger partial charge in [0, 0.05) is 6.61 Å². The molecular weight excluding hydrogens is 184 g/mol. The van der Waals surface area contributed by atoms with Gasteiger partial charge in [0.1, 0.15) is 0 Å². The van der Waals surface area contributed by atoms with Gasteiger partial charge in [-0.1, -0.05) is 57.6 Å². The number of aliphatic hydroxyl groups is 1. The van der Waals surface area contributed by atoms with Gasteiger partial charge in [0.05, 0.1) is 0 Å². The van der Waals surface area contributed by atoms with Crippen LogP contribution in [0.2, 0.25) is 0 Å². The van der Waals surface area contributed by atoms with Gasteiger partial charge in [-0.2, -0.15) is 0 Å². The smallest absolute Gasteiger partial charge is 0.0431 e. The standard InChI is InChI=1S/C14H28O/c1-2-3-4-5-6-7-8-9-10-11-12-13-14-15/h5-6,15H,2-4,7-14H2,1H3. The number of aliphatic hydroxyl groups excluding tert-OH is 1. The Morgan fingerprint density at radius 2 is 1.27 bits per heavy atom. The predicted molar refractivity (Wildman–Crippen MR) is 68.1 cm³/mol. The van der Waals surface area contributed by atoms with Gasteiger partial charge >= 0.3 is 0 Å². The minimum Gasteiger partial charge on any atom is -0.396 e. The first-order valence-corrected chi connectivity index (χ1v) is 6.67. The van der Waals surface area contributed by atoms with Gasteiger partial charge in [0.25, 0.3) is 0 Å². The molecule has 1 N–H and O–H groups in total. The molecule has 90 valence electrons. The molecule has 0 saturated carbocycles. The second-order valence-corrected chi connectivity index (χ2v) is 4.25. The Hall–Kier alpha value is -0.300. The van der Waals surface area contributed by atoms with E-state index in [9.17, 15) is 0 Å². The first-order chi connectivity index (χ1) is 7.41. The summed E-state index contributed by atoms with van der Waals surface area (Å²) in [5, 5.41) is 8.60. The largest absolute Gasteiger partial charge is 0.396 e. The molecule has 0 heterocycles. The van der Waals surface area contributed by atoms with Crippen LogP contribution in [-0.4, -0.2) is 11.7 Å². The lowest BCUT2D eigenvalue weighted by molar-refractivity contribution is 0.282. The Morgan fingerprint density at radius 1 is 0.733 bits per heavy atom. The molecule has 0 amide bonds. The monoisotopic (exact) mass is 212 g/mol. The van der Waals surface area contributed by atoms with Gasteiger partial charge in [-0.05, 0) is 25.7 Å². The zero-order chi connectivity index (χ0) is 11.2. The summed E-state index contributed by atoms with van der Waals surface area (Å²) in [5.74, 6) is 0. The quantitative estimate of drug-likeness (QED) is 0.396. The summed E-state index contributed by atoms with van der Waals surface area (Å²) >= 11 is 0. The van der Waals surface area contributed by atoms with E-state index in [-0.39, 0.29) is 0 Å². The highest BCUT2D eigenvalue weighted by atomic mass is 16.2. The summed E-state index contributed by atoms with van der Waals surface area (Å²) in [5.41, 5.74) is 0. The highest BCUT2D eigenvalue weighted by molar-refractivity contribution is 4.80. The maximum atomic E-state index is 8.60. The summed E-state index contributed by atoms with van der Waals surface area (Å²) in [4.78, 5) is 0. The van der Waals surface area contributed by atoms with Crippen LogP contribution in [0.1, 0.15) is 71.1 Å². The van der Waals surface area contributed by atoms with Gasteiger partial charge in [-0.25, -0.2) is 0 Å². The van der Waals surface area contributed by atoms with Crippen LogP contribution in [0, 0.1) is 0 Å². The third kappa shape index (κ3) is 13.7. The van der Waals surface area contributed by atoms with Gasteiger partial charge in [-0.15, -0.1) is 0 Å². The molecular formula is C14H28O. The average molecular weight is 212 g/mol. The first-order valence-electron chi connectivity index (χ1n) is 6.67. The van der Waals surface area contributed by atoms with Crippen LogP contribution in [0.15, 0.2) is 12.2 Å². The first kappa shape index (κ1) is 14.7. The average Bonchev–Trinajstić information content (AvgIpc) is 2.26. The van der Waals surface area contributed by atoms with E-state index in [4.69, 9.17) is 5.11 Å². The molecule has 0 aliphatic rings. The van der Waals surface area contributed by atoms with Crippen molar-refractivity contribution < 1.29 is 5.11 Å². The fourth-order valence-corrected chi connectivity index (χ4v) is 1.64. The van der Waals surface area contributed by atoms with Crippen LogP contribution in [0.4, 0.5) is 0 Å². The predicted octanol–water partition coefficient (Wildman–Crippen LogP) is 4.46. The van der Waals surface area contributed by atoms with Crippen LogP contribution in [-0.2, 0) is 0 Å². The highest BCUT2D eigenvalue weighted by Gasteiger charge is 1.89. The second-order valence-electron chi connectivity index (χ2n) is 4.25. The van der Waals surface area contributed by atoms with E-state index >= 15 is 0 Å². The minimum atomic E-state index is 0.361. The summed E-state index contributed by atoms with van der Waals surface area (Å²) < 4.78 is 0. The van der Waals surface area contributed by atoms with Crippen LogP contribution >= 0.6 is 0 Å². The lowest BCUT2D eigenvalue weighted by Gasteiger charge is -1.98. The fraction of sp³-hybridized carbons (Fsp3) is 0.857. The molecule has 1 nitrogen and oxygen atoms in total. The SMILES string of the molecule is CCCCC=CCCCCCCCCO. The molecule has 0 aromatic carbocycles. The second kappa shape index (κ2) is 13.7. The highest BCUT2D eigenvalue weighted by Crippen LogP contribution is 2.07. The Bertz CT molecular complexity index is 129. The normalized spacial score (nSPS) is 11.3. The Balaban J connectivity index is 2.95. The zero-order valence-electron chi connectivity index (χ0n) is 10.4. The van der Waals surface area contributed by atoms with Crippen molar-refractivity contribution in [1.82, 2.24) is 0 Å². The van der Waals surface area contributed by atoms with E-state index in [0.717, 1.165) is 6.42 Å². The molecule has 0 unspecified atom stereocenters. The summed E-state index contributed by atoms with van der Waals surface area (Å²) in [6, 6.07) is 0. The van der Waals surface area contributed by atoms with Crippen LogP contribution in [0.3, 0.4) is 0 Å². The number of hydrogen-bond acceptors (Lipinski definition) is 1. The van der Waals surface area contributed by atoms with E-state index in [1.54, 1.807) is 0 Å². The van der Waals surface area contributed by atoms with E-state index in [0.29, 0.717) is 6.61 Å². The van der Waals surface area contributed by atoms with Crippen molar-refractivity contribution in [3.63, 3.8) is 0 Å². The van der Waals surface area contributed by atoms with Crippen molar-refractivity contribution in [2.24, 2.45) is 0 Å². The molecule has 0 aromatic rings. The minimum absolute atomic E-state index is 0.361. The van der Waals surface area contributed by atoms with Gasteiger partial charge in [-0.3, -0.25) is 0 Å². The van der Waals surface area contributed by atoms with E-state index in [1.165, 1.54) is 57.8 Å². The van der Waals surface area contributed by atoms with Crippen LogP contribution < -0.4 is 0 Å². The number of hydrogen-bond donors (Lipinski definition) is 1. The third-order valence-corrected chi connectivity index (χ3v) is 2.67. The maximum Gasteiger partial charge on any atom is 0.0431 e. The van der Waals surface area contributed by atoms with Gasteiger partial charge in [0.15, 0.2) is 0 Å². The molecule has 0 radical (unpaired) electrons. The summed E-state index contributed by atoms with van der Waals surface area (Å²) in [6.07, 6.45) is 17.3. The molecule has 0 aliphatic heterocycles. The molecule has 15 heavy (non-hydrogen) atoms. The maximum absolute atomic E-state index is 8.60. The van der Waals surface area contributed by atoms with Crippen molar-refractivity contribution in [1.29, 1.82) is 0 Å². The number of allylic oxidation sites excluding steroid dienone is 2. The molecule has 0 rings (SSSR count). The molecule has 0 aromatic heterocycles. The molecule has 1 heteroatoms. The Kier molecular flexibility index (Phi) is 13.4. The topological polar surface area (TPSA) is 20.2 Å². The van der Waals surface area contributed by atoms with Gasteiger partial charge in [0.2, 0.25) is 0 Å². The van der Waals surface area contributed by atoms with Crippen molar-refractivity contribution >= 4 is 0 Å². The van der Waals surface area contributed by atoms with E-state index in [2.05, 4.69) is 19.1 Å². The number of unbranched alkanes of at least 4 members (excludes halogenated alkanes) is 8. The molecule has 0 fully saturated rings. The third-order valence-electron chi connectivity index (χ3n) is 2.67. The lowest BCUT2D eigenvalue weighted by Crippen LogP contribution is -1.83. The molecule has 0 saturated heterocycles. The van der Waals surface area contributed by atoms with Crippen molar-refractivity contribution in [3.05, 3.63) is 12.2 Å². The Labute approximate surface area is 95.6 Å². The van der Waals surface area contributed by atoms with Crippen molar-refractivity contribution in [3.8, 4) is 0 Å². The molecule has 0 spiro atoms.